The Hall–Kier alpha value is -3.92. The monoisotopic (exact) mass is 479 g/mol. The van der Waals surface area contributed by atoms with Gasteiger partial charge in [-0.1, -0.05) is 17.4 Å². The summed E-state index contributed by atoms with van der Waals surface area (Å²) in [5, 5.41) is 9.65. The third kappa shape index (κ3) is 3.38. The van der Waals surface area contributed by atoms with Gasteiger partial charge in [0.05, 0.1) is 37.8 Å². The molecule has 1 aliphatic rings. The minimum absolute atomic E-state index is 0.0311. The number of anilines is 1. The zero-order valence-corrected chi connectivity index (χ0v) is 19.8. The van der Waals surface area contributed by atoms with E-state index in [1.54, 1.807) is 43.3 Å². The van der Waals surface area contributed by atoms with Crippen LogP contribution in [0.3, 0.4) is 0 Å². The fourth-order valence-electron chi connectivity index (χ4n) is 4.10. The van der Waals surface area contributed by atoms with Gasteiger partial charge in [-0.25, -0.2) is 0 Å². The molecule has 34 heavy (non-hydrogen) atoms. The highest BCUT2D eigenvalue weighted by molar-refractivity contribution is 7.15. The Bertz CT molecular complexity index is 1480. The maximum Gasteiger partial charge on any atom is 0.297 e. The summed E-state index contributed by atoms with van der Waals surface area (Å²) in [6.45, 7) is 4.15. The molecule has 10 heteroatoms. The first-order valence-corrected chi connectivity index (χ1v) is 11.4. The molecule has 0 radical (unpaired) electrons. The van der Waals surface area contributed by atoms with Crippen molar-refractivity contribution in [2.24, 2.45) is 0 Å². The minimum Gasteiger partial charge on any atom is -0.497 e. The number of hydrogen-bond acceptors (Lipinski definition) is 9. The van der Waals surface area contributed by atoms with Gasteiger partial charge in [-0.2, -0.15) is 0 Å². The van der Waals surface area contributed by atoms with E-state index in [0.717, 1.165) is 0 Å². The van der Waals surface area contributed by atoms with Crippen molar-refractivity contribution in [2.75, 3.05) is 25.7 Å². The third-order valence-corrected chi connectivity index (χ3v) is 6.44. The summed E-state index contributed by atoms with van der Waals surface area (Å²) in [6.07, 6.45) is 0. The van der Waals surface area contributed by atoms with E-state index < -0.39 is 11.9 Å². The molecule has 2 aromatic carbocycles. The highest BCUT2D eigenvalue weighted by Crippen LogP contribution is 2.44. The molecular formula is C24H21N3O6S. The van der Waals surface area contributed by atoms with Crippen molar-refractivity contribution in [1.82, 2.24) is 10.2 Å². The van der Waals surface area contributed by atoms with Gasteiger partial charge in [0.15, 0.2) is 16.9 Å². The van der Waals surface area contributed by atoms with Crippen molar-refractivity contribution >= 4 is 33.3 Å². The maximum atomic E-state index is 13.7. The third-order valence-electron chi connectivity index (χ3n) is 5.60. The number of ether oxygens (including phenoxy) is 3. The first-order valence-electron chi connectivity index (χ1n) is 10.6. The van der Waals surface area contributed by atoms with E-state index >= 15 is 0 Å². The SMILES string of the molecule is CCOc1ccc(C2c3c(oc4cc(OC)ccc4c3=O)C(=O)N2c2nnc(C)s2)cc1OC. The molecule has 1 atom stereocenters. The molecule has 0 spiro atoms. The van der Waals surface area contributed by atoms with E-state index in [0.29, 0.717) is 44.9 Å². The van der Waals surface area contributed by atoms with Gasteiger partial charge in [0.25, 0.3) is 5.91 Å². The highest BCUT2D eigenvalue weighted by atomic mass is 32.1. The minimum atomic E-state index is -0.776. The lowest BCUT2D eigenvalue weighted by Crippen LogP contribution is -2.29. The number of hydrogen-bond donors (Lipinski definition) is 0. The van der Waals surface area contributed by atoms with Crippen LogP contribution in [0.4, 0.5) is 5.13 Å². The Morgan fingerprint density at radius 1 is 1.06 bits per heavy atom. The van der Waals surface area contributed by atoms with Gasteiger partial charge in [0, 0.05) is 6.07 Å². The van der Waals surface area contributed by atoms with Crippen LogP contribution < -0.4 is 24.5 Å². The number of amides is 1. The number of rotatable bonds is 6. The van der Waals surface area contributed by atoms with Gasteiger partial charge in [-0.05, 0) is 43.7 Å². The smallest absolute Gasteiger partial charge is 0.297 e. The summed E-state index contributed by atoms with van der Waals surface area (Å²) >= 11 is 1.26. The average Bonchev–Trinajstić information content (AvgIpc) is 3.40. The summed E-state index contributed by atoms with van der Waals surface area (Å²) in [4.78, 5) is 28.7. The van der Waals surface area contributed by atoms with Crippen LogP contribution in [0.25, 0.3) is 11.0 Å². The van der Waals surface area contributed by atoms with E-state index in [-0.39, 0.29) is 22.3 Å². The first-order chi connectivity index (χ1) is 16.5. The zero-order chi connectivity index (χ0) is 24.0. The molecule has 0 bridgehead atoms. The number of aromatic nitrogens is 2. The van der Waals surface area contributed by atoms with Gasteiger partial charge in [-0.3, -0.25) is 14.5 Å². The van der Waals surface area contributed by atoms with Crippen LogP contribution in [-0.4, -0.2) is 36.9 Å². The van der Waals surface area contributed by atoms with E-state index in [1.807, 2.05) is 6.92 Å². The number of carbonyl (C=O) groups excluding carboxylic acids is 1. The van der Waals surface area contributed by atoms with Crippen LogP contribution in [0, 0.1) is 6.92 Å². The predicted octanol–water partition coefficient (Wildman–Crippen LogP) is 4.12. The van der Waals surface area contributed by atoms with E-state index in [9.17, 15) is 9.59 Å². The highest BCUT2D eigenvalue weighted by Gasteiger charge is 2.45. The van der Waals surface area contributed by atoms with Gasteiger partial charge in [0.2, 0.25) is 10.9 Å². The number of carbonyl (C=O) groups is 1. The maximum absolute atomic E-state index is 13.7. The fourth-order valence-corrected chi connectivity index (χ4v) is 4.82. The number of methoxy groups -OCH3 is 2. The lowest BCUT2D eigenvalue weighted by atomic mass is 9.98. The summed E-state index contributed by atoms with van der Waals surface area (Å²) in [5.74, 6) is 1.07. The molecule has 9 nitrogen and oxygen atoms in total. The molecule has 1 aliphatic heterocycles. The summed E-state index contributed by atoms with van der Waals surface area (Å²) in [5.41, 5.74) is 0.866. The average molecular weight is 480 g/mol. The van der Waals surface area contributed by atoms with Crippen LogP contribution >= 0.6 is 11.3 Å². The van der Waals surface area contributed by atoms with Crippen molar-refractivity contribution in [2.45, 2.75) is 19.9 Å². The molecule has 5 rings (SSSR count). The molecule has 0 N–H and O–H groups in total. The second-order valence-corrected chi connectivity index (χ2v) is 8.72. The molecule has 0 saturated carbocycles. The van der Waals surface area contributed by atoms with Crippen LogP contribution in [-0.2, 0) is 0 Å². The van der Waals surface area contributed by atoms with Crippen molar-refractivity contribution in [3.05, 3.63) is 68.5 Å². The largest absolute Gasteiger partial charge is 0.497 e. The van der Waals surface area contributed by atoms with Gasteiger partial charge in [0.1, 0.15) is 16.3 Å². The molecule has 0 fully saturated rings. The lowest BCUT2D eigenvalue weighted by molar-refractivity contribution is 0.0970. The number of nitrogens with zero attached hydrogens (tertiary/aromatic N) is 3. The summed E-state index contributed by atoms with van der Waals surface area (Å²) < 4.78 is 22.4. The van der Waals surface area contributed by atoms with Crippen LogP contribution in [0.2, 0.25) is 0 Å². The number of fused-ring (bicyclic) bond motifs is 2. The Balaban J connectivity index is 1.77. The van der Waals surface area contributed by atoms with Gasteiger partial charge < -0.3 is 18.6 Å². The molecule has 174 valence electrons. The lowest BCUT2D eigenvalue weighted by Gasteiger charge is -2.23. The van der Waals surface area contributed by atoms with Crippen molar-refractivity contribution in [1.29, 1.82) is 0 Å². The second kappa shape index (κ2) is 8.45. The number of benzene rings is 2. The Morgan fingerprint density at radius 2 is 1.88 bits per heavy atom. The van der Waals surface area contributed by atoms with Crippen molar-refractivity contribution in [3.63, 3.8) is 0 Å². The number of aryl methyl sites for hydroxylation is 1. The Morgan fingerprint density at radius 3 is 2.56 bits per heavy atom. The molecule has 0 aliphatic carbocycles. The summed E-state index contributed by atoms with van der Waals surface area (Å²) in [7, 11) is 3.06. The zero-order valence-electron chi connectivity index (χ0n) is 18.9. The normalized spacial score (nSPS) is 15.0. The molecule has 4 aromatic rings. The van der Waals surface area contributed by atoms with E-state index in [1.165, 1.54) is 30.5 Å². The van der Waals surface area contributed by atoms with Crippen LogP contribution in [0.1, 0.15) is 39.7 Å². The van der Waals surface area contributed by atoms with Gasteiger partial charge >= 0.3 is 0 Å². The van der Waals surface area contributed by atoms with Gasteiger partial charge in [-0.15, -0.1) is 10.2 Å². The fraction of sp³-hybridized carbons (Fsp3) is 0.250. The van der Waals surface area contributed by atoms with E-state index in [4.69, 9.17) is 18.6 Å². The quantitative estimate of drug-likeness (QED) is 0.407. The molecule has 0 saturated heterocycles. The van der Waals surface area contributed by atoms with Crippen molar-refractivity contribution < 1.29 is 23.4 Å². The Labute approximate surface area is 198 Å². The standard InChI is InChI=1S/C24H21N3O6S/c1-5-32-16-9-6-13(10-18(16)31-4)20-19-21(28)15-8-7-14(30-3)11-17(15)33-22(19)23(29)27(20)24-26-25-12(2)34-24/h6-11,20H,5H2,1-4H3. The first kappa shape index (κ1) is 21.9. The molecule has 1 amide bonds. The molecule has 1 unspecified atom stereocenters. The van der Waals surface area contributed by atoms with E-state index in [2.05, 4.69) is 10.2 Å². The predicted molar refractivity (Wildman–Crippen MR) is 126 cm³/mol. The van der Waals surface area contributed by atoms with Crippen LogP contribution in [0.5, 0.6) is 17.2 Å². The van der Waals surface area contributed by atoms with Crippen molar-refractivity contribution in [3.8, 4) is 17.2 Å². The van der Waals surface area contributed by atoms with Crippen LogP contribution in [0.15, 0.2) is 45.6 Å². The second-order valence-electron chi connectivity index (χ2n) is 7.56. The molecule has 3 heterocycles. The molecule has 2 aromatic heterocycles. The topological polar surface area (TPSA) is 104 Å². The summed E-state index contributed by atoms with van der Waals surface area (Å²) in [6, 6.07) is 9.47. The molecular weight excluding hydrogens is 458 g/mol. The Kier molecular flexibility index (Phi) is 5.45.